The van der Waals surface area contributed by atoms with Gasteiger partial charge in [-0.2, -0.15) is 0 Å². The van der Waals surface area contributed by atoms with E-state index in [2.05, 4.69) is 31.1 Å². The van der Waals surface area contributed by atoms with Crippen LogP contribution in [0, 0.1) is 0 Å². The Morgan fingerprint density at radius 1 is 1.03 bits per heavy atom. The lowest BCUT2D eigenvalue weighted by molar-refractivity contribution is 0.102. The average molecular weight is 483 g/mol. The van der Waals surface area contributed by atoms with Crippen molar-refractivity contribution < 1.29 is 15.0 Å². The Kier molecular flexibility index (Phi) is 5.82. The van der Waals surface area contributed by atoms with Crippen molar-refractivity contribution in [3.05, 3.63) is 77.0 Å². The third kappa shape index (κ3) is 4.22. The van der Waals surface area contributed by atoms with Gasteiger partial charge in [0.15, 0.2) is 28.3 Å². The van der Waals surface area contributed by atoms with E-state index in [4.69, 9.17) is 0 Å². The molecular weight excluding hydrogens is 468 g/mol. The summed E-state index contributed by atoms with van der Waals surface area (Å²) in [4.78, 5) is 16.7. The molecule has 4 aromatic rings. The molecule has 2 N–H and O–H groups in total. The third-order valence-electron chi connectivity index (χ3n) is 4.27. The van der Waals surface area contributed by atoms with Crippen LogP contribution in [-0.2, 0) is 0 Å². The van der Waals surface area contributed by atoms with Gasteiger partial charge in [0.05, 0.1) is 5.75 Å². The van der Waals surface area contributed by atoms with Gasteiger partial charge in [0.2, 0.25) is 0 Å². The summed E-state index contributed by atoms with van der Waals surface area (Å²) in [5, 5.41) is 28.2. The van der Waals surface area contributed by atoms with Crippen molar-refractivity contribution in [1.82, 2.24) is 19.7 Å². The summed E-state index contributed by atoms with van der Waals surface area (Å²) >= 11 is 4.68. The molecule has 0 saturated heterocycles. The fraction of sp³-hybridized carbons (Fsp3) is 0.0476. The maximum absolute atomic E-state index is 12.6. The third-order valence-corrected chi connectivity index (χ3v) is 5.73. The number of nitrogens with zero attached hydrogens (tertiary/aromatic N) is 4. The van der Waals surface area contributed by atoms with Gasteiger partial charge < -0.3 is 10.2 Å². The fourth-order valence-electron chi connectivity index (χ4n) is 2.78. The van der Waals surface area contributed by atoms with Gasteiger partial charge in [-0.3, -0.25) is 14.3 Å². The number of Topliss-reactive ketones (excluding diaryl/α,β-unsaturated/α-hetero) is 1. The van der Waals surface area contributed by atoms with E-state index < -0.39 is 0 Å². The van der Waals surface area contributed by atoms with E-state index >= 15 is 0 Å². The highest BCUT2D eigenvalue weighted by Gasteiger charge is 2.18. The lowest BCUT2D eigenvalue weighted by Gasteiger charge is -2.10. The number of aromatic hydroxyl groups is 2. The van der Waals surface area contributed by atoms with Gasteiger partial charge in [-0.05, 0) is 54.6 Å². The minimum Gasteiger partial charge on any atom is -0.504 e. The molecule has 0 aliphatic carbocycles. The van der Waals surface area contributed by atoms with E-state index in [1.54, 1.807) is 12.4 Å². The largest absolute Gasteiger partial charge is 0.504 e. The Morgan fingerprint density at radius 2 is 1.83 bits per heavy atom. The number of halogens is 1. The number of hydrogen-bond acceptors (Lipinski definition) is 7. The van der Waals surface area contributed by atoms with E-state index in [-0.39, 0.29) is 23.0 Å². The number of phenols is 2. The Labute approximate surface area is 184 Å². The van der Waals surface area contributed by atoms with Gasteiger partial charge in [0.1, 0.15) is 0 Å². The van der Waals surface area contributed by atoms with Crippen LogP contribution in [0.1, 0.15) is 10.4 Å². The smallest absolute Gasteiger partial charge is 0.196 e. The summed E-state index contributed by atoms with van der Waals surface area (Å²) in [5.74, 6) is -0.101. The number of thioether (sulfide) groups is 1. The quantitative estimate of drug-likeness (QED) is 0.237. The van der Waals surface area contributed by atoms with Gasteiger partial charge in [-0.25, -0.2) is 0 Å². The highest BCUT2D eigenvalue weighted by atomic mass is 79.9. The number of hydrogen-bond donors (Lipinski definition) is 2. The van der Waals surface area contributed by atoms with Crippen LogP contribution in [0.25, 0.3) is 17.1 Å². The Balaban J connectivity index is 1.66. The minimum absolute atomic E-state index is 0.0892. The molecule has 2 aromatic carbocycles. The molecule has 0 unspecified atom stereocenters. The number of rotatable bonds is 6. The van der Waals surface area contributed by atoms with Crippen LogP contribution in [-0.4, -0.2) is 41.5 Å². The molecular formula is C21H15BrN4O3S. The van der Waals surface area contributed by atoms with E-state index in [0.29, 0.717) is 16.5 Å². The van der Waals surface area contributed by atoms with Crippen molar-refractivity contribution in [2.75, 3.05) is 5.75 Å². The monoisotopic (exact) mass is 482 g/mol. The second kappa shape index (κ2) is 8.68. The Morgan fingerprint density at radius 3 is 2.53 bits per heavy atom. The zero-order chi connectivity index (χ0) is 21.1. The maximum Gasteiger partial charge on any atom is 0.196 e. The highest BCUT2D eigenvalue weighted by molar-refractivity contribution is 9.10. The van der Waals surface area contributed by atoms with Crippen LogP contribution in [0.15, 0.2) is 76.6 Å². The van der Waals surface area contributed by atoms with Crippen LogP contribution in [0.4, 0.5) is 0 Å². The van der Waals surface area contributed by atoms with Crippen LogP contribution >= 0.6 is 27.7 Å². The number of pyridine rings is 1. The second-order valence-corrected chi connectivity index (χ2v) is 8.13. The molecule has 0 spiro atoms. The molecule has 7 nitrogen and oxygen atoms in total. The van der Waals surface area contributed by atoms with Crippen molar-refractivity contribution >= 4 is 33.5 Å². The molecule has 0 fully saturated rings. The van der Waals surface area contributed by atoms with Gasteiger partial charge in [0.25, 0.3) is 0 Å². The topological polar surface area (TPSA) is 101 Å². The van der Waals surface area contributed by atoms with Crippen LogP contribution in [0.2, 0.25) is 0 Å². The first-order chi connectivity index (χ1) is 14.5. The molecule has 0 aliphatic heterocycles. The zero-order valence-corrected chi connectivity index (χ0v) is 17.8. The van der Waals surface area contributed by atoms with Crippen molar-refractivity contribution in [2.24, 2.45) is 0 Å². The molecule has 150 valence electrons. The van der Waals surface area contributed by atoms with Crippen molar-refractivity contribution in [1.29, 1.82) is 0 Å². The number of phenolic OH excluding ortho intramolecular Hbond substituents is 2. The molecule has 0 saturated carbocycles. The summed E-state index contributed by atoms with van der Waals surface area (Å²) in [5.41, 5.74) is 1.95. The van der Waals surface area contributed by atoms with Gasteiger partial charge >= 0.3 is 0 Å². The predicted octanol–water partition coefficient (Wildman–Crippen LogP) is 4.48. The van der Waals surface area contributed by atoms with E-state index in [1.165, 1.54) is 30.0 Å². The molecule has 2 heterocycles. The first-order valence-electron chi connectivity index (χ1n) is 8.82. The first-order valence-corrected chi connectivity index (χ1v) is 10.6. The number of carbonyl (C=O) groups is 1. The van der Waals surface area contributed by atoms with E-state index in [0.717, 1.165) is 15.7 Å². The van der Waals surface area contributed by atoms with Gasteiger partial charge in [0, 0.05) is 33.7 Å². The number of aromatic nitrogens is 4. The normalized spacial score (nSPS) is 10.8. The molecule has 2 aromatic heterocycles. The summed E-state index contributed by atoms with van der Waals surface area (Å²) in [6, 6.07) is 15.4. The zero-order valence-electron chi connectivity index (χ0n) is 15.4. The van der Waals surface area contributed by atoms with Crippen LogP contribution in [0.5, 0.6) is 11.5 Å². The summed E-state index contributed by atoms with van der Waals surface area (Å²) < 4.78 is 2.81. The minimum atomic E-state index is -0.331. The Hall–Kier alpha value is -3.17. The molecule has 9 heteroatoms. The summed E-state index contributed by atoms with van der Waals surface area (Å²) in [6.07, 6.45) is 3.39. The molecule has 0 amide bonds. The van der Waals surface area contributed by atoms with Crippen molar-refractivity contribution in [2.45, 2.75) is 5.16 Å². The van der Waals surface area contributed by atoms with Gasteiger partial charge in [-0.15, -0.1) is 10.2 Å². The van der Waals surface area contributed by atoms with E-state index in [9.17, 15) is 15.0 Å². The molecule has 0 aliphatic rings. The van der Waals surface area contributed by atoms with Crippen LogP contribution < -0.4 is 0 Å². The predicted molar refractivity (Wildman–Crippen MR) is 117 cm³/mol. The number of ketones is 1. The average Bonchev–Trinajstić information content (AvgIpc) is 3.19. The van der Waals surface area contributed by atoms with Crippen molar-refractivity contribution in [3.63, 3.8) is 0 Å². The molecule has 0 radical (unpaired) electrons. The maximum atomic E-state index is 12.6. The number of carbonyl (C=O) groups excluding carboxylic acids is 1. The SMILES string of the molecule is O=C(CSc1nnc(-c2cccnc2)n1-c1ccc(Br)cc1)c1ccc(O)c(O)c1. The number of benzene rings is 2. The van der Waals surface area contributed by atoms with Crippen molar-refractivity contribution in [3.8, 4) is 28.6 Å². The highest BCUT2D eigenvalue weighted by Crippen LogP contribution is 2.30. The fourth-order valence-corrected chi connectivity index (χ4v) is 3.89. The molecule has 4 rings (SSSR count). The molecule has 0 bridgehead atoms. The molecule has 30 heavy (non-hydrogen) atoms. The van der Waals surface area contributed by atoms with Gasteiger partial charge in [-0.1, -0.05) is 27.7 Å². The summed E-state index contributed by atoms with van der Waals surface area (Å²) in [7, 11) is 0. The first kappa shape index (κ1) is 20.1. The molecule has 0 atom stereocenters. The Bertz CT molecular complexity index is 1200. The second-order valence-electron chi connectivity index (χ2n) is 6.28. The lowest BCUT2D eigenvalue weighted by atomic mass is 10.1. The summed E-state index contributed by atoms with van der Waals surface area (Å²) in [6.45, 7) is 0. The lowest BCUT2D eigenvalue weighted by Crippen LogP contribution is -2.05. The van der Waals surface area contributed by atoms with E-state index in [1.807, 2.05) is 41.0 Å². The van der Waals surface area contributed by atoms with Crippen LogP contribution in [0.3, 0.4) is 0 Å². The standard InChI is InChI=1S/C21H15BrN4O3S/c22-15-4-6-16(7-5-15)26-20(14-2-1-9-23-11-14)24-25-21(26)30-12-19(29)13-3-8-17(27)18(28)10-13/h1-11,27-28H,12H2.